The van der Waals surface area contributed by atoms with Crippen molar-refractivity contribution in [3.8, 4) is 0 Å². The van der Waals surface area contributed by atoms with Gasteiger partial charge in [0.1, 0.15) is 6.04 Å². The van der Waals surface area contributed by atoms with Gasteiger partial charge in [-0.3, -0.25) is 10.1 Å². The van der Waals surface area contributed by atoms with Crippen molar-refractivity contribution in [3.63, 3.8) is 0 Å². The van der Waals surface area contributed by atoms with Crippen LogP contribution in [0, 0.1) is 0 Å². The molecular formula is C32H32N2O3. The molecule has 4 rings (SSSR count). The normalized spacial score (nSPS) is 12.8. The summed E-state index contributed by atoms with van der Waals surface area (Å²) in [4.78, 5) is 26.1. The van der Waals surface area contributed by atoms with E-state index in [9.17, 15) is 9.59 Å². The van der Waals surface area contributed by atoms with Gasteiger partial charge < -0.3 is 10.1 Å². The summed E-state index contributed by atoms with van der Waals surface area (Å²) in [6, 6.07) is 38.4. The summed E-state index contributed by atoms with van der Waals surface area (Å²) in [5.41, 5.74) is 3.13. The maximum atomic E-state index is 13.6. The van der Waals surface area contributed by atoms with Crippen molar-refractivity contribution < 1.29 is 14.3 Å². The highest BCUT2D eigenvalue weighted by molar-refractivity contribution is 5.87. The van der Waals surface area contributed by atoms with Gasteiger partial charge in [0.2, 0.25) is 5.91 Å². The Hall–Kier alpha value is -4.22. The second-order valence-electron chi connectivity index (χ2n) is 8.99. The standard InChI is InChI=1S/C32H32N2O3/c1-24(30(35)33-29(31(36)37-2)23-25-15-7-3-8-16-25)34-32(26-17-9-4-10-18-26,27-19-11-5-12-20-27)28-21-13-6-14-22-28/h3-22,24,29,34H,23H2,1-2H3,(H,33,35)/t24-,29-/m0/s1. The fourth-order valence-corrected chi connectivity index (χ4v) is 4.69. The molecule has 0 saturated heterocycles. The van der Waals surface area contributed by atoms with Crippen LogP contribution in [0.25, 0.3) is 0 Å². The first-order valence-electron chi connectivity index (χ1n) is 12.4. The Morgan fingerprint density at radius 3 is 1.51 bits per heavy atom. The van der Waals surface area contributed by atoms with Gasteiger partial charge >= 0.3 is 5.97 Å². The molecule has 4 aromatic carbocycles. The van der Waals surface area contributed by atoms with E-state index in [0.717, 1.165) is 22.3 Å². The molecule has 2 atom stereocenters. The minimum atomic E-state index is -0.805. The van der Waals surface area contributed by atoms with Crippen molar-refractivity contribution in [1.29, 1.82) is 0 Å². The Balaban J connectivity index is 1.69. The molecule has 4 aromatic rings. The molecule has 5 heteroatoms. The Labute approximate surface area is 218 Å². The second-order valence-corrected chi connectivity index (χ2v) is 8.99. The maximum Gasteiger partial charge on any atom is 0.328 e. The summed E-state index contributed by atoms with van der Waals surface area (Å²) in [5.74, 6) is -0.775. The van der Waals surface area contributed by atoms with Crippen molar-refractivity contribution in [1.82, 2.24) is 10.6 Å². The first-order valence-corrected chi connectivity index (χ1v) is 12.4. The molecule has 0 spiro atoms. The van der Waals surface area contributed by atoms with Crippen molar-refractivity contribution >= 4 is 11.9 Å². The molecule has 0 saturated carbocycles. The lowest BCUT2D eigenvalue weighted by Gasteiger charge is -2.39. The quantitative estimate of drug-likeness (QED) is 0.245. The molecule has 0 aliphatic rings. The Morgan fingerprint density at radius 2 is 1.11 bits per heavy atom. The largest absolute Gasteiger partial charge is 0.467 e. The van der Waals surface area contributed by atoms with Crippen LogP contribution in [-0.4, -0.2) is 31.1 Å². The van der Waals surface area contributed by atoms with Crippen LogP contribution in [0.5, 0.6) is 0 Å². The first kappa shape index (κ1) is 25.9. The molecular weight excluding hydrogens is 460 g/mol. The number of esters is 1. The van der Waals surface area contributed by atoms with Crippen LogP contribution >= 0.6 is 0 Å². The molecule has 0 unspecified atom stereocenters. The van der Waals surface area contributed by atoms with E-state index in [1.165, 1.54) is 7.11 Å². The molecule has 2 N–H and O–H groups in total. The lowest BCUT2D eigenvalue weighted by molar-refractivity contribution is -0.145. The summed E-state index contributed by atoms with van der Waals surface area (Å²) in [5, 5.41) is 6.56. The highest BCUT2D eigenvalue weighted by Crippen LogP contribution is 2.37. The van der Waals surface area contributed by atoms with Crippen LogP contribution < -0.4 is 10.6 Å². The Bertz CT molecular complexity index is 1180. The summed E-state index contributed by atoms with van der Waals surface area (Å²) in [6.07, 6.45) is 0.340. The average molecular weight is 493 g/mol. The minimum absolute atomic E-state index is 0.293. The smallest absolute Gasteiger partial charge is 0.328 e. The van der Waals surface area contributed by atoms with Crippen LogP contribution in [0.3, 0.4) is 0 Å². The number of amides is 1. The fourth-order valence-electron chi connectivity index (χ4n) is 4.69. The molecule has 1 amide bonds. The topological polar surface area (TPSA) is 67.4 Å². The molecule has 0 aliphatic heterocycles. The lowest BCUT2D eigenvalue weighted by Crippen LogP contribution is -2.56. The van der Waals surface area contributed by atoms with Gasteiger partial charge in [0.05, 0.1) is 18.7 Å². The zero-order valence-corrected chi connectivity index (χ0v) is 21.1. The van der Waals surface area contributed by atoms with E-state index in [1.54, 1.807) is 0 Å². The van der Waals surface area contributed by atoms with E-state index in [2.05, 4.69) is 47.0 Å². The number of benzene rings is 4. The fraction of sp³-hybridized carbons (Fsp3) is 0.188. The first-order chi connectivity index (χ1) is 18.0. The van der Waals surface area contributed by atoms with E-state index in [1.807, 2.05) is 91.9 Å². The number of methoxy groups -OCH3 is 1. The van der Waals surface area contributed by atoms with Crippen LogP contribution in [0.2, 0.25) is 0 Å². The predicted octanol–water partition coefficient (Wildman–Crippen LogP) is 4.86. The van der Waals surface area contributed by atoms with E-state index in [-0.39, 0.29) is 5.91 Å². The SMILES string of the molecule is COC(=O)[C@H](Cc1ccccc1)NC(=O)[C@H](C)NC(c1ccccc1)(c1ccccc1)c1ccccc1. The van der Waals surface area contributed by atoms with Gasteiger partial charge in [-0.15, -0.1) is 0 Å². The maximum absolute atomic E-state index is 13.6. The summed E-state index contributed by atoms with van der Waals surface area (Å²) < 4.78 is 5.00. The van der Waals surface area contributed by atoms with E-state index < -0.39 is 23.6 Å². The third-order valence-corrected chi connectivity index (χ3v) is 6.53. The number of rotatable bonds is 10. The molecule has 188 valence electrons. The summed E-state index contributed by atoms with van der Waals surface area (Å²) >= 11 is 0. The Kier molecular flexibility index (Phi) is 8.49. The van der Waals surface area contributed by atoms with Crippen molar-refractivity contribution in [3.05, 3.63) is 144 Å². The van der Waals surface area contributed by atoms with Gasteiger partial charge in [0.15, 0.2) is 0 Å². The molecule has 0 radical (unpaired) electrons. The number of nitrogens with one attached hydrogen (secondary N) is 2. The highest BCUT2D eigenvalue weighted by Gasteiger charge is 2.39. The third-order valence-electron chi connectivity index (χ3n) is 6.53. The second kappa shape index (κ2) is 12.2. The highest BCUT2D eigenvalue weighted by atomic mass is 16.5. The van der Waals surface area contributed by atoms with Crippen LogP contribution in [0.4, 0.5) is 0 Å². The number of carbonyl (C=O) groups is 2. The average Bonchev–Trinajstić information content (AvgIpc) is 2.97. The molecule has 0 bridgehead atoms. The third kappa shape index (κ3) is 5.96. The van der Waals surface area contributed by atoms with Crippen LogP contribution in [0.15, 0.2) is 121 Å². The van der Waals surface area contributed by atoms with Crippen molar-refractivity contribution in [2.75, 3.05) is 7.11 Å². The number of hydrogen-bond acceptors (Lipinski definition) is 4. The molecule has 37 heavy (non-hydrogen) atoms. The van der Waals surface area contributed by atoms with Crippen molar-refractivity contribution in [2.45, 2.75) is 31.0 Å². The van der Waals surface area contributed by atoms with E-state index in [4.69, 9.17) is 4.74 Å². The minimum Gasteiger partial charge on any atom is -0.467 e. The summed E-state index contributed by atoms with van der Waals surface area (Å²) in [7, 11) is 1.33. The van der Waals surface area contributed by atoms with Crippen LogP contribution in [-0.2, 0) is 26.3 Å². The van der Waals surface area contributed by atoms with Gasteiger partial charge in [-0.2, -0.15) is 0 Å². The van der Waals surface area contributed by atoms with Crippen molar-refractivity contribution in [2.24, 2.45) is 0 Å². The number of carbonyl (C=O) groups excluding carboxylic acids is 2. The molecule has 0 aromatic heterocycles. The van der Waals surface area contributed by atoms with Gasteiger partial charge in [-0.05, 0) is 29.2 Å². The summed E-state index contributed by atoms with van der Waals surface area (Å²) in [6.45, 7) is 1.82. The molecule has 0 fully saturated rings. The molecule has 0 aliphatic carbocycles. The van der Waals surface area contributed by atoms with E-state index in [0.29, 0.717) is 6.42 Å². The molecule has 0 heterocycles. The lowest BCUT2D eigenvalue weighted by atomic mass is 9.76. The number of hydrogen-bond donors (Lipinski definition) is 2. The predicted molar refractivity (Wildman–Crippen MR) is 146 cm³/mol. The molecule has 5 nitrogen and oxygen atoms in total. The van der Waals surface area contributed by atoms with Gasteiger partial charge in [0, 0.05) is 6.42 Å². The van der Waals surface area contributed by atoms with Gasteiger partial charge in [0.25, 0.3) is 0 Å². The van der Waals surface area contributed by atoms with Gasteiger partial charge in [-0.25, -0.2) is 4.79 Å². The van der Waals surface area contributed by atoms with E-state index >= 15 is 0 Å². The van der Waals surface area contributed by atoms with Crippen LogP contribution in [0.1, 0.15) is 29.2 Å². The Morgan fingerprint density at radius 1 is 0.703 bits per heavy atom. The monoisotopic (exact) mass is 492 g/mol. The zero-order chi connectivity index (χ0) is 26.1. The zero-order valence-electron chi connectivity index (χ0n) is 21.1. The van der Waals surface area contributed by atoms with Gasteiger partial charge in [-0.1, -0.05) is 121 Å². The number of ether oxygens (including phenoxy) is 1.